The van der Waals surface area contributed by atoms with Crippen molar-refractivity contribution in [3.05, 3.63) is 22.2 Å². The number of nitrogens with two attached hydrogens (primary N) is 1. The fourth-order valence-electron chi connectivity index (χ4n) is 1.12. The van der Waals surface area contributed by atoms with Crippen molar-refractivity contribution in [2.24, 2.45) is 0 Å². The Hall–Kier alpha value is -0.530. The van der Waals surface area contributed by atoms with Crippen molar-refractivity contribution < 1.29 is 13.5 Å². The van der Waals surface area contributed by atoms with Gasteiger partial charge in [0, 0.05) is 6.04 Å². The lowest BCUT2D eigenvalue weighted by molar-refractivity contribution is 0.265. The number of aliphatic hydroxyl groups is 1. The van der Waals surface area contributed by atoms with Crippen molar-refractivity contribution >= 4 is 38.9 Å². The average molecular weight is 299 g/mol. The molecule has 0 saturated carbocycles. The minimum Gasteiger partial charge on any atom is -0.396 e. The Balaban J connectivity index is 3.21. The molecule has 0 saturated heterocycles. The first-order valence-corrected chi connectivity index (χ1v) is 6.90. The fourth-order valence-corrected chi connectivity index (χ4v) is 3.12. The molecule has 0 amide bonds. The maximum absolute atomic E-state index is 11.9. The van der Waals surface area contributed by atoms with Crippen LogP contribution in [0.2, 0.25) is 10.0 Å². The van der Waals surface area contributed by atoms with Gasteiger partial charge < -0.3 is 10.8 Å². The molecule has 0 bridgehead atoms. The van der Waals surface area contributed by atoms with Crippen LogP contribution in [0.4, 0.5) is 5.69 Å². The lowest BCUT2D eigenvalue weighted by Crippen LogP contribution is -2.35. The number of benzene rings is 1. The second-order valence-corrected chi connectivity index (χ2v) is 5.95. The summed E-state index contributed by atoms with van der Waals surface area (Å²) >= 11 is 11.5. The van der Waals surface area contributed by atoms with Gasteiger partial charge in [-0.15, -0.1) is 0 Å². The van der Waals surface area contributed by atoms with Crippen molar-refractivity contribution in [2.45, 2.75) is 17.9 Å². The largest absolute Gasteiger partial charge is 0.396 e. The highest BCUT2D eigenvalue weighted by Crippen LogP contribution is 2.32. The molecule has 1 rings (SSSR count). The standard InChI is InChI=1S/C9H12Cl2N2O3S/c1-5(4-14)13-17(15,16)7-3-2-6(10)9(12)8(7)11/h2-3,5,13-14H,4,12H2,1H3/t5-/m0/s1. The highest BCUT2D eigenvalue weighted by molar-refractivity contribution is 7.89. The van der Waals surface area contributed by atoms with Gasteiger partial charge in [0.15, 0.2) is 0 Å². The molecule has 0 radical (unpaired) electrons. The Morgan fingerprint density at radius 2 is 2.06 bits per heavy atom. The molecule has 0 spiro atoms. The Bertz CT molecular complexity index is 519. The van der Waals surface area contributed by atoms with Crippen molar-refractivity contribution in [2.75, 3.05) is 12.3 Å². The van der Waals surface area contributed by atoms with Crippen LogP contribution >= 0.6 is 23.2 Å². The molecule has 0 aliphatic heterocycles. The first-order chi connectivity index (χ1) is 7.79. The molecular formula is C9H12Cl2N2O3S. The molecule has 0 aromatic heterocycles. The van der Waals surface area contributed by atoms with E-state index in [1.54, 1.807) is 0 Å². The van der Waals surface area contributed by atoms with Gasteiger partial charge in [-0.2, -0.15) is 0 Å². The minimum atomic E-state index is -3.82. The van der Waals surface area contributed by atoms with E-state index in [4.69, 9.17) is 34.0 Å². The topological polar surface area (TPSA) is 92.4 Å². The number of sulfonamides is 1. The molecule has 1 atom stereocenters. The van der Waals surface area contributed by atoms with Crippen LogP contribution in [0.1, 0.15) is 6.92 Å². The third kappa shape index (κ3) is 3.23. The molecule has 1 aromatic carbocycles. The summed E-state index contributed by atoms with van der Waals surface area (Å²) in [6.07, 6.45) is 0. The van der Waals surface area contributed by atoms with E-state index in [0.717, 1.165) is 0 Å². The van der Waals surface area contributed by atoms with Gasteiger partial charge >= 0.3 is 0 Å². The smallest absolute Gasteiger partial charge is 0.242 e. The average Bonchev–Trinajstić information content (AvgIpc) is 2.24. The van der Waals surface area contributed by atoms with E-state index in [0.29, 0.717) is 0 Å². The zero-order chi connectivity index (χ0) is 13.2. The summed E-state index contributed by atoms with van der Waals surface area (Å²) in [5.41, 5.74) is 5.54. The van der Waals surface area contributed by atoms with Gasteiger partial charge in [-0.05, 0) is 19.1 Å². The van der Waals surface area contributed by atoms with Gasteiger partial charge in [-0.25, -0.2) is 13.1 Å². The van der Waals surface area contributed by atoms with Crippen LogP contribution in [0.3, 0.4) is 0 Å². The van der Waals surface area contributed by atoms with E-state index < -0.39 is 16.1 Å². The van der Waals surface area contributed by atoms with E-state index in [1.807, 2.05) is 0 Å². The Morgan fingerprint density at radius 3 is 2.59 bits per heavy atom. The molecule has 1 aromatic rings. The quantitative estimate of drug-likeness (QED) is 0.729. The maximum Gasteiger partial charge on any atom is 0.242 e. The van der Waals surface area contributed by atoms with E-state index in [-0.39, 0.29) is 27.2 Å². The van der Waals surface area contributed by atoms with Gasteiger partial charge in [0.25, 0.3) is 0 Å². The zero-order valence-corrected chi connectivity index (χ0v) is 11.3. The van der Waals surface area contributed by atoms with Crippen LogP contribution in [-0.2, 0) is 10.0 Å². The van der Waals surface area contributed by atoms with Gasteiger partial charge in [-0.1, -0.05) is 23.2 Å². The number of anilines is 1. The van der Waals surface area contributed by atoms with Gasteiger partial charge in [0.1, 0.15) is 4.90 Å². The van der Waals surface area contributed by atoms with E-state index in [1.165, 1.54) is 19.1 Å². The number of hydrogen-bond donors (Lipinski definition) is 3. The van der Waals surface area contributed by atoms with Crippen molar-refractivity contribution in [3.63, 3.8) is 0 Å². The number of halogens is 2. The summed E-state index contributed by atoms with van der Waals surface area (Å²) in [6, 6.07) is 1.99. The third-order valence-corrected chi connectivity index (χ3v) is 4.49. The van der Waals surface area contributed by atoms with Gasteiger partial charge in [0.2, 0.25) is 10.0 Å². The van der Waals surface area contributed by atoms with E-state index >= 15 is 0 Å². The monoisotopic (exact) mass is 298 g/mol. The highest BCUT2D eigenvalue weighted by Gasteiger charge is 2.22. The van der Waals surface area contributed by atoms with Gasteiger partial charge in [-0.3, -0.25) is 0 Å². The molecule has 0 aliphatic rings. The number of nitrogens with one attached hydrogen (secondary N) is 1. The molecule has 5 nitrogen and oxygen atoms in total. The van der Waals surface area contributed by atoms with Crippen molar-refractivity contribution in [1.82, 2.24) is 4.72 Å². The van der Waals surface area contributed by atoms with Gasteiger partial charge in [0.05, 0.1) is 22.3 Å². The summed E-state index contributed by atoms with van der Waals surface area (Å²) in [7, 11) is -3.82. The van der Waals surface area contributed by atoms with Crippen molar-refractivity contribution in [3.8, 4) is 0 Å². The Morgan fingerprint density at radius 1 is 1.47 bits per heavy atom. The SMILES string of the molecule is C[C@@H](CO)NS(=O)(=O)c1ccc(Cl)c(N)c1Cl. The number of rotatable bonds is 4. The van der Waals surface area contributed by atoms with Crippen molar-refractivity contribution in [1.29, 1.82) is 0 Å². The molecule has 0 heterocycles. The number of hydrogen-bond acceptors (Lipinski definition) is 4. The first kappa shape index (κ1) is 14.5. The van der Waals surface area contributed by atoms with Crippen LogP contribution in [0.25, 0.3) is 0 Å². The summed E-state index contributed by atoms with van der Waals surface area (Å²) in [4.78, 5) is -0.165. The first-order valence-electron chi connectivity index (χ1n) is 4.66. The van der Waals surface area contributed by atoms with Crippen LogP contribution < -0.4 is 10.5 Å². The molecule has 0 fully saturated rings. The molecule has 8 heteroatoms. The summed E-state index contributed by atoms with van der Waals surface area (Å²) in [5.74, 6) is 0. The molecule has 96 valence electrons. The van der Waals surface area contributed by atoms with E-state index in [2.05, 4.69) is 4.72 Å². The second-order valence-electron chi connectivity index (χ2n) is 3.48. The molecule has 4 N–H and O–H groups in total. The van der Waals surface area contributed by atoms with Crippen LogP contribution in [0, 0.1) is 0 Å². The highest BCUT2D eigenvalue weighted by atomic mass is 35.5. The molecule has 17 heavy (non-hydrogen) atoms. The van der Waals surface area contributed by atoms with Crippen LogP contribution in [0.5, 0.6) is 0 Å². The molecule has 0 aliphatic carbocycles. The molecule has 0 unspecified atom stereocenters. The number of nitrogen functional groups attached to an aromatic ring is 1. The predicted octanol–water partition coefficient (Wildman–Crippen LogP) is 1.23. The summed E-state index contributed by atoms with van der Waals surface area (Å²) in [5, 5.41) is 8.86. The lowest BCUT2D eigenvalue weighted by atomic mass is 10.3. The number of aliphatic hydroxyl groups excluding tert-OH is 1. The predicted molar refractivity (Wildman–Crippen MR) is 67.7 cm³/mol. The normalized spacial score (nSPS) is 13.6. The lowest BCUT2D eigenvalue weighted by Gasteiger charge is -2.13. The Labute approximate surface area is 110 Å². The van der Waals surface area contributed by atoms with Crippen LogP contribution in [0.15, 0.2) is 17.0 Å². The van der Waals surface area contributed by atoms with E-state index in [9.17, 15) is 8.42 Å². The summed E-state index contributed by atoms with van der Waals surface area (Å²) in [6.45, 7) is 1.20. The molecular weight excluding hydrogens is 287 g/mol. The summed E-state index contributed by atoms with van der Waals surface area (Å²) < 4.78 is 26.0. The minimum absolute atomic E-state index is 0.00728. The zero-order valence-electron chi connectivity index (χ0n) is 8.94. The maximum atomic E-state index is 11.9. The second kappa shape index (κ2) is 5.41. The third-order valence-electron chi connectivity index (χ3n) is 2.01. The Kier molecular flexibility index (Phi) is 4.62. The fraction of sp³-hybridized carbons (Fsp3) is 0.333. The van der Waals surface area contributed by atoms with Crippen LogP contribution in [-0.4, -0.2) is 26.2 Å².